The number of carboxylic acids is 1. The number of rotatable bonds is 0. The van der Waals surface area contributed by atoms with E-state index in [9.17, 15) is 0 Å². The fourth-order valence-electron chi connectivity index (χ4n) is 0. The van der Waals surface area contributed by atoms with Gasteiger partial charge in [0.15, 0.2) is 0 Å². The zero-order valence-corrected chi connectivity index (χ0v) is 7.10. The summed E-state index contributed by atoms with van der Waals surface area (Å²) in [6, 6.07) is 0. The topological polar surface area (TPSA) is 37.3 Å². The maximum absolute atomic E-state index is 9.00. The van der Waals surface area contributed by atoms with Crippen LogP contribution in [-0.4, -0.2) is 60.8 Å². The Morgan fingerprint density at radius 2 is 1.67 bits per heavy atom. The first-order valence-electron chi connectivity index (χ1n) is 0.928. The van der Waals surface area contributed by atoms with Gasteiger partial charge in [-0.2, -0.15) is 0 Å². The molecule has 0 aliphatic heterocycles. The molecule has 0 aromatic heterocycles. The zero-order chi connectivity index (χ0) is 3.58. The van der Waals surface area contributed by atoms with Crippen LogP contribution in [-0.2, 0) is 4.79 Å². The maximum atomic E-state index is 9.00. The van der Waals surface area contributed by atoms with Crippen LogP contribution in [0.3, 0.4) is 0 Å². The Labute approximate surface area is 72.0 Å². The molecule has 4 heteroatoms. The van der Waals surface area contributed by atoms with E-state index in [1.54, 1.807) is 0 Å². The molecule has 0 fully saturated rings. The third kappa shape index (κ3) is 67.9. The molecule has 2 nitrogen and oxygen atoms in total. The Balaban J connectivity index is -0.0000000450. The van der Waals surface area contributed by atoms with Gasteiger partial charge in [-0.25, -0.2) is 0 Å². The molecule has 0 aliphatic carbocycles. The van der Waals surface area contributed by atoms with Crippen molar-refractivity contribution in [2.24, 2.45) is 0 Å². The third-order valence-electron chi connectivity index (χ3n) is 0. The van der Waals surface area contributed by atoms with Gasteiger partial charge < -0.3 is 5.11 Å². The monoisotopic (exact) mass is 300 g/mol. The molecule has 0 amide bonds. The summed E-state index contributed by atoms with van der Waals surface area (Å²) in [5, 5.41) is 7.42. The summed E-state index contributed by atoms with van der Waals surface area (Å²) in [4.78, 5) is 9.00. The van der Waals surface area contributed by atoms with E-state index < -0.39 is 5.97 Å². The van der Waals surface area contributed by atoms with E-state index in [-0.39, 0.29) is 49.8 Å². The van der Waals surface area contributed by atoms with E-state index in [2.05, 4.69) is 0 Å². The molecule has 0 aliphatic rings. The molecule has 36 valence electrons. The van der Waals surface area contributed by atoms with Crippen molar-refractivity contribution in [3.8, 4) is 0 Å². The third-order valence-corrected chi connectivity index (χ3v) is 0. The van der Waals surface area contributed by atoms with E-state index in [1.165, 1.54) is 0 Å². The van der Waals surface area contributed by atoms with Gasteiger partial charge in [-0.1, -0.05) is 0 Å². The second-order valence-electron chi connectivity index (χ2n) is 0.519. The average molecular weight is 299 g/mol. The molecule has 0 rings (SSSR count). The van der Waals surface area contributed by atoms with Gasteiger partial charge in [0.05, 0.1) is 0 Å². The Morgan fingerprint density at radius 3 is 1.67 bits per heavy atom. The van der Waals surface area contributed by atoms with Crippen molar-refractivity contribution >= 4 is 55.7 Å². The summed E-state index contributed by atoms with van der Waals surface area (Å²) in [6.45, 7) is 1.08. The molecule has 1 N–H and O–H groups in total. The molecule has 0 unspecified atom stereocenters. The number of carbonyl (C=O) groups is 1. The number of hydrogen-bond acceptors (Lipinski definition) is 1. The molecule has 0 saturated heterocycles. The van der Waals surface area contributed by atoms with Gasteiger partial charge in [0.2, 0.25) is 0 Å². The molecule has 0 saturated carbocycles. The van der Waals surface area contributed by atoms with E-state index >= 15 is 0 Å². The summed E-state index contributed by atoms with van der Waals surface area (Å²) < 4.78 is 0. The SMILES string of the molecule is CC(=O)O.[InH3].[SnH2]. The van der Waals surface area contributed by atoms with Crippen molar-refractivity contribution in [3.63, 3.8) is 0 Å². The van der Waals surface area contributed by atoms with Crippen LogP contribution in [0.4, 0.5) is 0 Å². The van der Waals surface area contributed by atoms with Gasteiger partial charge in [0.25, 0.3) is 5.97 Å². The molecular weight excluding hydrogens is 290 g/mol. The van der Waals surface area contributed by atoms with E-state index in [0.717, 1.165) is 6.92 Å². The fraction of sp³-hybridized carbons (Fsp3) is 0.500. The van der Waals surface area contributed by atoms with Crippen molar-refractivity contribution in [1.82, 2.24) is 0 Å². The Kier molecular flexibility index (Phi) is 24.8. The molecule has 0 spiro atoms. The quantitative estimate of drug-likeness (QED) is 0.525. The van der Waals surface area contributed by atoms with Crippen LogP contribution in [0.1, 0.15) is 6.92 Å². The molecule has 0 bridgehead atoms. The minimum atomic E-state index is -0.833. The van der Waals surface area contributed by atoms with Crippen LogP contribution < -0.4 is 0 Å². The fourth-order valence-corrected chi connectivity index (χ4v) is 0. The molecule has 6 heavy (non-hydrogen) atoms. The van der Waals surface area contributed by atoms with Crippen LogP contribution in [0.25, 0.3) is 0 Å². The predicted octanol–water partition coefficient (Wildman–Crippen LogP) is -2.01. The van der Waals surface area contributed by atoms with Crippen LogP contribution in [0.5, 0.6) is 0 Å². The number of hydrogen-bond donors (Lipinski definition) is 1. The van der Waals surface area contributed by atoms with Crippen molar-refractivity contribution in [1.29, 1.82) is 0 Å². The van der Waals surface area contributed by atoms with Gasteiger partial charge in [0.1, 0.15) is 0 Å². The number of aliphatic carboxylic acids is 1. The first kappa shape index (κ1) is 15.7. The van der Waals surface area contributed by atoms with E-state index in [1.807, 2.05) is 0 Å². The summed E-state index contributed by atoms with van der Waals surface area (Å²) in [5.74, 6) is -0.833. The van der Waals surface area contributed by atoms with E-state index in [0.29, 0.717) is 0 Å². The van der Waals surface area contributed by atoms with Gasteiger partial charge >= 0.3 is 49.8 Å². The van der Waals surface area contributed by atoms with Crippen molar-refractivity contribution in [3.05, 3.63) is 0 Å². The second kappa shape index (κ2) is 9.46. The molecule has 0 atom stereocenters. The molecule has 0 aromatic rings. The van der Waals surface area contributed by atoms with Crippen LogP contribution in [0.15, 0.2) is 0 Å². The number of carboxylic acid groups (broad SMARTS) is 1. The van der Waals surface area contributed by atoms with E-state index in [4.69, 9.17) is 9.90 Å². The zero-order valence-electron chi connectivity index (χ0n) is 3.06. The molecule has 2 radical (unpaired) electrons. The Bertz CT molecular complexity index is 34.5. The summed E-state index contributed by atoms with van der Waals surface area (Å²) in [6.07, 6.45) is 0. The first-order valence-corrected chi connectivity index (χ1v) is 0.928. The Morgan fingerprint density at radius 1 is 1.67 bits per heavy atom. The van der Waals surface area contributed by atoms with Gasteiger partial charge in [-0.15, -0.1) is 0 Å². The molecule has 0 aromatic carbocycles. The molecular formula is C2H9InO2Sn. The van der Waals surface area contributed by atoms with Crippen molar-refractivity contribution < 1.29 is 9.90 Å². The predicted molar refractivity (Wildman–Crippen MR) is 31.8 cm³/mol. The minimum absolute atomic E-state index is 0. The van der Waals surface area contributed by atoms with Gasteiger partial charge in [-0.3, -0.25) is 4.79 Å². The average Bonchev–Trinajstić information content (AvgIpc) is 0.811. The summed E-state index contributed by atoms with van der Waals surface area (Å²) in [5.41, 5.74) is 0. The first-order chi connectivity index (χ1) is 1.73. The van der Waals surface area contributed by atoms with Gasteiger partial charge in [-0.05, 0) is 0 Å². The second-order valence-corrected chi connectivity index (χ2v) is 0.519. The van der Waals surface area contributed by atoms with Crippen LogP contribution >= 0.6 is 0 Å². The van der Waals surface area contributed by atoms with Crippen molar-refractivity contribution in [2.45, 2.75) is 6.92 Å². The summed E-state index contributed by atoms with van der Waals surface area (Å²) in [7, 11) is 0. The van der Waals surface area contributed by atoms with Crippen molar-refractivity contribution in [2.75, 3.05) is 0 Å². The standard InChI is InChI=1S/C2H4O2.In.Sn.5H/c1-2(3)4;;;;;;;/h1H3,(H,3,4);;;;;;;. The summed E-state index contributed by atoms with van der Waals surface area (Å²) >= 11 is 0. The van der Waals surface area contributed by atoms with Crippen LogP contribution in [0, 0.1) is 0 Å². The van der Waals surface area contributed by atoms with Gasteiger partial charge in [0, 0.05) is 6.92 Å². The normalized spacial score (nSPS) is 4.17. The Hall–Kier alpha value is 1.14. The van der Waals surface area contributed by atoms with Crippen LogP contribution in [0.2, 0.25) is 0 Å². The molecule has 0 heterocycles.